The third-order valence-electron chi connectivity index (χ3n) is 3.39. The third kappa shape index (κ3) is 3.33. The fraction of sp³-hybridized carbons (Fsp3) is 0. The summed E-state index contributed by atoms with van der Waals surface area (Å²) in [6.07, 6.45) is 3.33. The van der Waals surface area contributed by atoms with E-state index in [-0.39, 0.29) is 5.69 Å². The van der Waals surface area contributed by atoms with E-state index >= 15 is 0 Å². The summed E-state index contributed by atoms with van der Waals surface area (Å²) in [4.78, 5) is 25.1. The number of hydrogen-bond acceptors (Lipinski definition) is 4. The molecule has 8 heteroatoms. The van der Waals surface area contributed by atoms with Crippen LogP contribution in [0.25, 0.3) is 10.9 Å². The molecule has 0 atom stereocenters. The van der Waals surface area contributed by atoms with Gasteiger partial charge in [-0.15, -0.1) is 0 Å². The molecule has 1 heterocycles. The van der Waals surface area contributed by atoms with Gasteiger partial charge in [0.2, 0.25) is 0 Å². The van der Waals surface area contributed by atoms with Gasteiger partial charge in [-0.3, -0.25) is 14.9 Å². The number of carbonyl (C=O) groups excluding carboxylic acids is 1. The van der Waals surface area contributed by atoms with E-state index < -0.39 is 10.8 Å². The SMILES string of the molecule is O=C(N/N=C/c1c[nH]c2ccc(Br)cc12)c1ccc([N+](=O)[O-])cc1. The molecule has 3 aromatic rings. The number of nitrogens with zero attached hydrogens (tertiary/aromatic N) is 2. The number of hydrazone groups is 1. The fourth-order valence-corrected chi connectivity index (χ4v) is 2.54. The van der Waals surface area contributed by atoms with Crippen molar-refractivity contribution in [3.63, 3.8) is 0 Å². The maximum absolute atomic E-state index is 12.0. The van der Waals surface area contributed by atoms with Gasteiger partial charge in [-0.25, -0.2) is 5.43 Å². The van der Waals surface area contributed by atoms with Crippen LogP contribution in [-0.2, 0) is 0 Å². The lowest BCUT2D eigenvalue weighted by atomic mass is 10.2. The van der Waals surface area contributed by atoms with Crippen molar-refractivity contribution in [3.05, 3.63) is 74.4 Å². The second kappa shape index (κ2) is 6.63. The van der Waals surface area contributed by atoms with Gasteiger partial charge in [-0.2, -0.15) is 5.10 Å². The molecule has 1 aromatic heterocycles. The molecule has 0 bridgehead atoms. The Kier molecular flexibility index (Phi) is 4.39. The molecule has 0 saturated carbocycles. The summed E-state index contributed by atoms with van der Waals surface area (Å²) >= 11 is 3.41. The molecule has 0 aliphatic heterocycles. The van der Waals surface area contributed by atoms with Gasteiger partial charge in [0.1, 0.15) is 0 Å². The van der Waals surface area contributed by atoms with Gasteiger partial charge < -0.3 is 4.98 Å². The number of aromatic nitrogens is 1. The van der Waals surface area contributed by atoms with Crippen molar-refractivity contribution in [1.82, 2.24) is 10.4 Å². The van der Waals surface area contributed by atoms with E-state index in [0.717, 1.165) is 20.9 Å². The number of benzene rings is 2. The predicted molar refractivity (Wildman–Crippen MR) is 94.2 cm³/mol. The van der Waals surface area contributed by atoms with Crippen molar-refractivity contribution >= 4 is 44.6 Å². The molecule has 0 aliphatic rings. The Morgan fingerprint density at radius 2 is 2.00 bits per heavy atom. The topological polar surface area (TPSA) is 100 Å². The number of rotatable bonds is 4. The number of fused-ring (bicyclic) bond motifs is 1. The fourth-order valence-electron chi connectivity index (χ4n) is 2.18. The number of non-ortho nitro benzene ring substituents is 1. The summed E-state index contributed by atoms with van der Waals surface area (Å²) in [5.74, 6) is -0.442. The largest absolute Gasteiger partial charge is 0.361 e. The number of nitro benzene ring substituents is 1. The number of nitro groups is 1. The predicted octanol–water partition coefficient (Wildman–Crippen LogP) is 3.60. The molecule has 2 N–H and O–H groups in total. The van der Waals surface area contributed by atoms with Gasteiger partial charge in [0.25, 0.3) is 11.6 Å². The van der Waals surface area contributed by atoms with Gasteiger partial charge in [-0.1, -0.05) is 15.9 Å². The highest BCUT2D eigenvalue weighted by atomic mass is 79.9. The standard InChI is InChI=1S/C16H11BrN4O3/c17-12-3-6-15-14(7-12)11(8-18-15)9-19-20-16(22)10-1-4-13(5-2-10)21(23)24/h1-9,18H,(H,20,22)/b19-9+. The Morgan fingerprint density at radius 3 is 2.71 bits per heavy atom. The first-order valence-electron chi connectivity index (χ1n) is 6.89. The van der Waals surface area contributed by atoms with E-state index in [1.807, 2.05) is 18.2 Å². The van der Waals surface area contributed by atoms with Crippen molar-refractivity contribution in [2.24, 2.45) is 5.10 Å². The zero-order chi connectivity index (χ0) is 17.1. The minimum absolute atomic E-state index is 0.0700. The maximum atomic E-state index is 12.0. The van der Waals surface area contributed by atoms with Gasteiger partial charge in [0.05, 0.1) is 11.1 Å². The summed E-state index contributed by atoms with van der Waals surface area (Å²) < 4.78 is 0.944. The van der Waals surface area contributed by atoms with Gasteiger partial charge in [0.15, 0.2) is 0 Å². The van der Waals surface area contributed by atoms with Crippen LogP contribution in [0.1, 0.15) is 15.9 Å². The summed E-state index contributed by atoms with van der Waals surface area (Å²) in [6, 6.07) is 11.1. The summed E-state index contributed by atoms with van der Waals surface area (Å²) in [5, 5.41) is 15.5. The zero-order valence-corrected chi connectivity index (χ0v) is 13.8. The van der Waals surface area contributed by atoms with Crippen molar-refractivity contribution in [3.8, 4) is 0 Å². The summed E-state index contributed by atoms with van der Waals surface area (Å²) in [5.41, 5.74) is 4.41. The first kappa shape index (κ1) is 15.9. The quantitative estimate of drug-likeness (QED) is 0.406. The lowest BCUT2D eigenvalue weighted by molar-refractivity contribution is -0.384. The molecule has 1 amide bonds. The molecule has 0 fully saturated rings. The smallest absolute Gasteiger partial charge is 0.271 e. The number of carbonyl (C=O) groups is 1. The van der Waals surface area contributed by atoms with Crippen LogP contribution in [0.2, 0.25) is 0 Å². The highest BCUT2D eigenvalue weighted by molar-refractivity contribution is 9.10. The van der Waals surface area contributed by atoms with E-state index in [1.165, 1.54) is 30.5 Å². The molecule has 3 rings (SSSR count). The molecule has 2 aromatic carbocycles. The number of nitrogens with one attached hydrogen (secondary N) is 2. The average Bonchev–Trinajstić information content (AvgIpc) is 2.97. The number of hydrogen-bond donors (Lipinski definition) is 2. The molecule has 0 unspecified atom stereocenters. The Bertz CT molecular complexity index is 948. The normalized spacial score (nSPS) is 11.0. The van der Waals surface area contributed by atoms with Crippen LogP contribution in [0.3, 0.4) is 0 Å². The first-order valence-corrected chi connectivity index (χ1v) is 7.68. The van der Waals surface area contributed by atoms with Gasteiger partial charge in [-0.05, 0) is 30.3 Å². The highest BCUT2D eigenvalue weighted by Gasteiger charge is 2.08. The van der Waals surface area contributed by atoms with Gasteiger partial charge >= 0.3 is 0 Å². The summed E-state index contributed by atoms with van der Waals surface area (Å²) in [6.45, 7) is 0. The minimum atomic E-state index is -0.519. The molecular formula is C16H11BrN4O3. The number of halogens is 1. The second-order valence-electron chi connectivity index (χ2n) is 4.94. The molecule has 7 nitrogen and oxygen atoms in total. The van der Waals surface area contributed by atoms with Crippen LogP contribution in [0, 0.1) is 10.1 Å². The number of amides is 1. The van der Waals surface area contributed by atoms with Crippen LogP contribution in [-0.4, -0.2) is 22.0 Å². The molecule has 0 radical (unpaired) electrons. The van der Waals surface area contributed by atoms with E-state index in [1.54, 1.807) is 6.20 Å². The van der Waals surface area contributed by atoms with Crippen molar-refractivity contribution in [2.45, 2.75) is 0 Å². The Labute approximate surface area is 144 Å². The Morgan fingerprint density at radius 1 is 1.25 bits per heavy atom. The molecule has 0 aliphatic carbocycles. The van der Waals surface area contributed by atoms with Crippen LogP contribution >= 0.6 is 15.9 Å². The maximum Gasteiger partial charge on any atom is 0.271 e. The number of H-pyrrole nitrogens is 1. The van der Waals surface area contributed by atoms with Crippen LogP contribution in [0.5, 0.6) is 0 Å². The van der Waals surface area contributed by atoms with Gasteiger partial charge in [0, 0.05) is 44.8 Å². The molecule has 0 saturated heterocycles. The van der Waals surface area contributed by atoms with Crippen molar-refractivity contribution in [1.29, 1.82) is 0 Å². The number of aromatic amines is 1. The summed E-state index contributed by atoms with van der Waals surface area (Å²) in [7, 11) is 0. The molecular weight excluding hydrogens is 376 g/mol. The molecule has 24 heavy (non-hydrogen) atoms. The lowest BCUT2D eigenvalue weighted by Crippen LogP contribution is -2.17. The Hall–Kier alpha value is -3.00. The van der Waals surface area contributed by atoms with Crippen molar-refractivity contribution < 1.29 is 9.72 Å². The molecule has 0 spiro atoms. The zero-order valence-electron chi connectivity index (χ0n) is 12.2. The lowest BCUT2D eigenvalue weighted by Gasteiger charge is -1.99. The first-order chi connectivity index (χ1) is 11.5. The monoisotopic (exact) mass is 386 g/mol. The second-order valence-corrected chi connectivity index (χ2v) is 5.85. The van der Waals surface area contributed by atoms with E-state index in [9.17, 15) is 14.9 Å². The van der Waals surface area contributed by atoms with E-state index in [2.05, 4.69) is 31.4 Å². The van der Waals surface area contributed by atoms with Crippen LogP contribution in [0.15, 0.2) is 58.2 Å². The van der Waals surface area contributed by atoms with Crippen LogP contribution in [0.4, 0.5) is 5.69 Å². The van der Waals surface area contributed by atoms with Crippen LogP contribution < -0.4 is 5.43 Å². The third-order valence-corrected chi connectivity index (χ3v) is 3.88. The molecule has 120 valence electrons. The van der Waals surface area contributed by atoms with Crippen molar-refractivity contribution in [2.75, 3.05) is 0 Å². The highest BCUT2D eigenvalue weighted by Crippen LogP contribution is 2.21. The van der Waals surface area contributed by atoms with E-state index in [4.69, 9.17) is 0 Å². The average molecular weight is 387 g/mol. The minimum Gasteiger partial charge on any atom is -0.361 e. The Balaban J connectivity index is 1.72. The van der Waals surface area contributed by atoms with E-state index in [0.29, 0.717) is 5.56 Å².